The number of urea groups is 1. The highest BCUT2D eigenvalue weighted by Crippen LogP contribution is 2.73. The Kier molecular flexibility index (Phi) is 13.1. The van der Waals surface area contributed by atoms with Crippen molar-refractivity contribution in [1.82, 2.24) is 5.32 Å². The highest BCUT2D eigenvalue weighted by Gasteiger charge is 2.80. The molecule has 12 atom stereocenters. The van der Waals surface area contributed by atoms with E-state index in [4.69, 9.17) is 24.3 Å². The lowest BCUT2D eigenvalue weighted by atomic mass is 9.46. The normalized spacial score (nSPS) is 35.8. The van der Waals surface area contributed by atoms with Gasteiger partial charge in [0.05, 0.1) is 12.7 Å². The van der Waals surface area contributed by atoms with Gasteiger partial charge >= 0.3 is 21.7 Å². The number of nitrogens with two attached hydrogens (primary N) is 1. The predicted octanol–water partition coefficient (Wildman–Crippen LogP) is 5.59. The number of nitrogens with one attached hydrogen (secondary N) is 2. The van der Waals surface area contributed by atoms with Crippen molar-refractivity contribution in [1.29, 1.82) is 0 Å². The van der Waals surface area contributed by atoms with Gasteiger partial charge in [0.1, 0.15) is 12.2 Å². The first-order valence-corrected chi connectivity index (χ1v) is 23.2. The van der Waals surface area contributed by atoms with Crippen molar-refractivity contribution in [2.75, 3.05) is 18.5 Å². The summed E-state index contributed by atoms with van der Waals surface area (Å²) >= 11 is 0. The standard InChI is InChI=1S/C40H57N3O14P2/c1-6-8-33-55-39(5)20-30-29-15-12-26-19-28(44)16-17-37(26,3)34(29)31(45)21-38(30,4)40(39,56-33)32(46)23-54-59(51,52)57-58(49,50)53-22-25-10-13-27(14-11-25)43-35(47)24(2)9-7-18-42-36(41)48/h10-11,13-14,16-17,19,24,29-31,33-34,45H,6-9,12,15,18,20-23H2,1-5H3,(H,43,47)(H,49,50)(H,51,52)(H3,41,42,48)/t24-,29-,30-,31-,33?,34+,37-,38-,39-,40-/m0/s1. The van der Waals surface area contributed by atoms with E-state index in [1.165, 1.54) is 24.3 Å². The van der Waals surface area contributed by atoms with Crippen LogP contribution >= 0.6 is 15.6 Å². The van der Waals surface area contributed by atoms with E-state index in [-0.39, 0.29) is 41.8 Å². The van der Waals surface area contributed by atoms with Crippen molar-refractivity contribution in [3.05, 3.63) is 53.6 Å². The van der Waals surface area contributed by atoms with Gasteiger partial charge in [-0.1, -0.05) is 57.9 Å². The summed E-state index contributed by atoms with van der Waals surface area (Å²) in [6.45, 7) is 8.19. The van der Waals surface area contributed by atoms with Gasteiger partial charge in [0.15, 0.2) is 23.5 Å². The third-order valence-corrected chi connectivity index (χ3v) is 16.0. The van der Waals surface area contributed by atoms with Crippen molar-refractivity contribution < 1.29 is 66.0 Å². The summed E-state index contributed by atoms with van der Waals surface area (Å²) in [6, 6.07) is 5.45. The van der Waals surface area contributed by atoms with Crippen LogP contribution in [0, 0.1) is 34.5 Å². The average molecular weight is 866 g/mol. The number of benzene rings is 1. The van der Waals surface area contributed by atoms with Crippen molar-refractivity contribution >= 4 is 44.8 Å². The van der Waals surface area contributed by atoms with Crippen LogP contribution in [0.2, 0.25) is 0 Å². The molecule has 3 saturated carbocycles. The van der Waals surface area contributed by atoms with Crippen LogP contribution in [0.5, 0.6) is 0 Å². The molecule has 0 radical (unpaired) electrons. The third kappa shape index (κ3) is 8.84. The zero-order valence-corrected chi connectivity index (χ0v) is 35.9. The molecule has 326 valence electrons. The van der Waals surface area contributed by atoms with Gasteiger partial charge in [-0.25, -0.2) is 13.9 Å². The van der Waals surface area contributed by atoms with Gasteiger partial charge in [0.2, 0.25) is 5.91 Å². The summed E-state index contributed by atoms with van der Waals surface area (Å²) in [5.41, 5.74) is 2.31. The molecular weight excluding hydrogens is 808 g/mol. The van der Waals surface area contributed by atoms with Gasteiger partial charge in [-0.05, 0) is 93.6 Å². The minimum atomic E-state index is -5.41. The first-order valence-electron chi connectivity index (χ1n) is 20.2. The summed E-state index contributed by atoms with van der Waals surface area (Å²) in [5, 5.41) is 17.2. The molecule has 4 fully saturated rings. The molecule has 0 aromatic heterocycles. The highest BCUT2D eigenvalue weighted by molar-refractivity contribution is 7.61. The molecule has 3 unspecified atom stereocenters. The number of phosphoric acid groups is 2. The van der Waals surface area contributed by atoms with Crippen LogP contribution in [0.4, 0.5) is 10.5 Å². The number of fused-ring (bicyclic) bond motifs is 7. The minimum Gasteiger partial charge on any atom is -0.393 e. The number of aliphatic hydroxyl groups is 1. The first-order chi connectivity index (χ1) is 27.6. The molecule has 19 heteroatoms. The number of carbonyl (C=O) groups excluding carboxylic acids is 4. The number of carbonyl (C=O) groups is 4. The lowest BCUT2D eigenvalue weighted by Crippen LogP contribution is -2.65. The number of hydrogen-bond acceptors (Lipinski definition) is 12. The van der Waals surface area contributed by atoms with Gasteiger partial charge in [-0.2, -0.15) is 4.31 Å². The summed E-state index contributed by atoms with van der Waals surface area (Å²) in [7, 11) is -10.7. The van der Waals surface area contributed by atoms with Crippen LogP contribution in [0.1, 0.15) is 91.5 Å². The molecule has 3 amide bonds. The Bertz CT molecular complexity index is 1980. The van der Waals surface area contributed by atoms with Crippen LogP contribution in [0.15, 0.2) is 48.1 Å². The van der Waals surface area contributed by atoms with Gasteiger partial charge < -0.3 is 40.7 Å². The SMILES string of the molecule is CCCC1O[C@@]2(C(=O)COP(=O)(O)OP(=O)(O)OCc3ccc(NC(=O)[C@@H](C)CCCNC(N)=O)cc3)[C@@]3(C)C[C@H](O)[C@H]4[C@@H](CCC5=CC(=O)C=C[C@@]54C)[C@@H]3C[C@]2(C)O1. The molecule has 4 aliphatic carbocycles. The summed E-state index contributed by atoms with van der Waals surface area (Å²) in [5.74, 6) is -1.93. The van der Waals surface area contributed by atoms with Gasteiger partial charge in [-0.3, -0.25) is 23.4 Å². The van der Waals surface area contributed by atoms with Gasteiger partial charge in [-0.15, -0.1) is 0 Å². The average Bonchev–Trinajstić information content (AvgIpc) is 3.55. The van der Waals surface area contributed by atoms with E-state index in [1.54, 1.807) is 26.0 Å². The molecule has 7 N–H and O–H groups in total. The number of anilines is 1. The number of phosphoric ester groups is 2. The van der Waals surface area contributed by atoms with Crippen LogP contribution in [0.25, 0.3) is 0 Å². The molecule has 59 heavy (non-hydrogen) atoms. The van der Waals surface area contributed by atoms with E-state index in [0.29, 0.717) is 62.7 Å². The summed E-state index contributed by atoms with van der Waals surface area (Å²) < 4.78 is 53.9. The topological polar surface area (TPSA) is 259 Å². The monoisotopic (exact) mass is 865 g/mol. The fourth-order valence-corrected chi connectivity index (χ4v) is 12.8. The zero-order chi connectivity index (χ0) is 43.2. The Morgan fingerprint density at radius 2 is 1.75 bits per heavy atom. The van der Waals surface area contributed by atoms with E-state index < -0.39 is 75.1 Å². The highest BCUT2D eigenvalue weighted by atomic mass is 31.3. The Hall–Kier alpha value is -3.08. The number of Topliss-reactive ketones (excluding diaryl/α,β-unsaturated/α-hetero) is 1. The summed E-state index contributed by atoms with van der Waals surface area (Å²) in [4.78, 5) is 71.3. The van der Waals surface area contributed by atoms with Crippen molar-refractivity contribution in [2.24, 2.45) is 40.2 Å². The Morgan fingerprint density at radius 3 is 2.42 bits per heavy atom. The minimum absolute atomic E-state index is 0.0774. The molecule has 1 aromatic carbocycles. The van der Waals surface area contributed by atoms with E-state index in [2.05, 4.69) is 14.9 Å². The second-order valence-corrected chi connectivity index (χ2v) is 20.3. The van der Waals surface area contributed by atoms with Crippen LogP contribution in [-0.2, 0) is 53.0 Å². The Labute approximate surface area is 344 Å². The number of primary amides is 1. The van der Waals surface area contributed by atoms with E-state index >= 15 is 0 Å². The number of amides is 3. The van der Waals surface area contributed by atoms with Crippen molar-refractivity contribution in [3.63, 3.8) is 0 Å². The summed E-state index contributed by atoms with van der Waals surface area (Å²) in [6.07, 6.45) is 7.51. The molecule has 0 bridgehead atoms. The van der Waals surface area contributed by atoms with Crippen LogP contribution in [0.3, 0.4) is 0 Å². The third-order valence-electron chi connectivity index (χ3n) is 13.4. The molecule has 1 aliphatic heterocycles. The smallest absolute Gasteiger partial charge is 0.393 e. The number of rotatable bonds is 17. The van der Waals surface area contributed by atoms with Gasteiger partial charge in [0, 0.05) is 34.9 Å². The molecule has 1 saturated heterocycles. The maximum Gasteiger partial charge on any atom is 0.481 e. The van der Waals surface area contributed by atoms with Gasteiger partial charge in [0.25, 0.3) is 0 Å². The fraction of sp³-hybridized carbons (Fsp3) is 0.650. The maximum absolute atomic E-state index is 14.6. The predicted molar refractivity (Wildman–Crippen MR) is 213 cm³/mol. The first kappa shape index (κ1) is 45.4. The molecule has 17 nitrogen and oxygen atoms in total. The van der Waals surface area contributed by atoms with Crippen molar-refractivity contribution in [2.45, 2.75) is 116 Å². The van der Waals surface area contributed by atoms with E-state index in [1.807, 2.05) is 26.8 Å². The van der Waals surface area contributed by atoms with E-state index in [9.17, 15) is 43.2 Å². The Morgan fingerprint density at radius 1 is 1.05 bits per heavy atom. The van der Waals surface area contributed by atoms with E-state index in [0.717, 1.165) is 5.57 Å². The molecule has 6 rings (SSSR count). The number of hydrogen-bond donors (Lipinski definition) is 6. The zero-order valence-electron chi connectivity index (χ0n) is 34.1. The molecular formula is C40H57N3O14P2. The quantitative estimate of drug-likeness (QED) is 0.0825. The van der Waals surface area contributed by atoms with Crippen molar-refractivity contribution in [3.8, 4) is 0 Å². The number of aliphatic hydroxyl groups excluding tert-OH is 1. The number of ketones is 2. The lowest BCUT2D eigenvalue weighted by molar-refractivity contribution is -0.200. The molecule has 1 heterocycles. The van der Waals surface area contributed by atoms with Crippen LogP contribution < -0.4 is 16.4 Å². The Balaban J connectivity index is 1.10. The molecule has 0 spiro atoms. The number of allylic oxidation sites excluding steroid dienone is 4. The second-order valence-electron chi connectivity index (χ2n) is 17.3. The lowest BCUT2D eigenvalue weighted by Gasteiger charge is -2.59. The number of ether oxygens (including phenoxy) is 2. The molecule has 5 aliphatic rings. The maximum atomic E-state index is 14.6. The second kappa shape index (κ2) is 17.0. The molecule has 1 aromatic rings. The largest absolute Gasteiger partial charge is 0.481 e. The van der Waals surface area contributed by atoms with Crippen LogP contribution in [-0.4, -0.2) is 75.1 Å². The fourth-order valence-electron chi connectivity index (χ4n) is 10.8.